The summed E-state index contributed by atoms with van der Waals surface area (Å²) in [6, 6.07) is 12.9. The maximum Gasteiger partial charge on any atom is 0.110 e. The SMILES string of the molecule is CCC(C#N)(Cc1ccccc1)NC(C)C. The van der Waals surface area contributed by atoms with Crippen molar-refractivity contribution in [3.05, 3.63) is 35.9 Å². The Balaban J connectivity index is 2.83. The highest BCUT2D eigenvalue weighted by Gasteiger charge is 2.28. The van der Waals surface area contributed by atoms with E-state index in [-0.39, 0.29) is 0 Å². The molecule has 0 radical (unpaired) electrons. The minimum absolute atomic E-state index is 0.323. The molecular weight excluding hydrogens is 196 g/mol. The van der Waals surface area contributed by atoms with Gasteiger partial charge in [-0.15, -0.1) is 0 Å². The zero-order chi connectivity index (χ0) is 12.0. The van der Waals surface area contributed by atoms with Gasteiger partial charge in [0.2, 0.25) is 0 Å². The summed E-state index contributed by atoms with van der Waals surface area (Å²) in [6.07, 6.45) is 1.58. The molecule has 1 aromatic carbocycles. The molecule has 0 fully saturated rings. The van der Waals surface area contributed by atoms with E-state index in [1.54, 1.807) is 0 Å². The first kappa shape index (κ1) is 12.7. The van der Waals surface area contributed by atoms with Crippen LogP contribution in [0.1, 0.15) is 32.8 Å². The van der Waals surface area contributed by atoms with Crippen LogP contribution in [-0.4, -0.2) is 11.6 Å². The van der Waals surface area contributed by atoms with Crippen LogP contribution in [0.2, 0.25) is 0 Å². The maximum absolute atomic E-state index is 9.37. The van der Waals surface area contributed by atoms with Crippen molar-refractivity contribution in [1.82, 2.24) is 5.32 Å². The van der Waals surface area contributed by atoms with Crippen LogP contribution in [0.5, 0.6) is 0 Å². The van der Waals surface area contributed by atoms with Crippen LogP contribution in [0.4, 0.5) is 0 Å². The summed E-state index contributed by atoms with van der Waals surface area (Å²) in [5.41, 5.74) is 0.772. The van der Waals surface area contributed by atoms with E-state index in [4.69, 9.17) is 0 Å². The van der Waals surface area contributed by atoms with Crippen molar-refractivity contribution in [2.45, 2.75) is 45.2 Å². The highest BCUT2D eigenvalue weighted by atomic mass is 15.0. The maximum atomic E-state index is 9.37. The van der Waals surface area contributed by atoms with Crippen molar-refractivity contribution in [2.24, 2.45) is 0 Å². The van der Waals surface area contributed by atoms with E-state index in [1.165, 1.54) is 5.56 Å². The monoisotopic (exact) mass is 216 g/mol. The zero-order valence-electron chi connectivity index (χ0n) is 10.3. The third-order valence-corrected chi connectivity index (χ3v) is 2.73. The molecule has 0 aliphatic carbocycles. The van der Waals surface area contributed by atoms with Crippen molar-refractivity contribution >= 4 is 0 Å². The van der Waals surface area contributed by atoms with E-state index in [0.717, 1.165) is 12.8 Å². The summed E-state index contributed by atoms with van der Waals surface area (Å²) in [5, 5.41) is 12.8. The highest BCUT2D eigenvalue weighted by Crippen LogP contribution is 2.17. The largest absolute Gasteiger partial charge is 0.297 e. The Morgan fingerprint density at radius 2 is 1.94 bits per heavy atom. The summed E-state index contributed by atoms with van der Waals surface area (Å²) in [4.78, 5) is 0. The quantitative estimate of drug-likeness (QED) is 0.821. The summed E-state index contributed by atoms with van der Waals surface area (Å²) < 4.78 is 0. The molecule has 16 heavy (non-hydrogen) atoms. The zero-order valence-corrected chi connectivity index (χ0v) is 10.3. The lowest BCUT2D eigenvalue weighted by molar-refractivity contribution is 0.363. The molecule has 0 saturated carbocycles. The van der Waals surface area contributed by atoms with Crippen molar-refractivity contribution in [3.63, 3.8) is 0 Å². The highest BCUT2D eigenvalue weighted by molar-refractivity contribution is 5.22. The topological polar surface area (TPSA) is 35.8 Å². The van der Waals surface area contributed by atoms with Gasteiger partial charge in [-0.1, -0.05) is 37.3 Å². The van der Waals surface area contributed by atoms with Crippen LogP contribution < -0.4 is 5.32 Å². The van der Waals surface area contributed by atoms with Crippen molar-refractivity contribution in [2.75, 3.05) is 0 Å². The predicted molar refractivity (Wildman–Crippen MR) is 67.1 cm³/mol. The Hall–Kier alpha value is -1.33. The molecule has 1 rings (SSSR count). The van der Waals surface area contributed by atoms with Crippen LogP contribution in [0.15, 0.2) is 30.3 Å². The van der Waals surface area contributed by atoms with E-state index in [0.29, 0.717) is 6.04 Å². The Morgan fingerprint density at radius 3 is 2.38 bits per heavy atom. The number of hydrogen-bond donors (Lipinski definition) is 1. The van der Waals surface area contributed by atoms with E-state index in [1.807, 2.05) is 18.2 Å². The molecular formula is C14H20N2. The Bertz CT molecular complexity index is 351. The lowest BCUT2D eigenvalue weighted by Gasteiger charge is -2.29. The summed E-state index contributed by atoms with van der Waals surface area (Å²) in [6.45, 7) is 6.21. The molecule has 0 bridgehead atoms. The fourth-order valence-corrected chi connectivity index (χ4v) is 1.93. The average molecular weight is 216 g/mol. The fourth-order valence-electron chi connectivity index (χ4n) is 1.93. The van der Waals surface area contributed by atoms with E-state index in [9.17, 15) is 5.26 Å². The van der Waals surface area contributed by atoms with Crippen LogP contribution in [0.3, 0.4) is 0 Å². The molecule has 1 N–H and O–H groups in total. The predicted octanol–water partition coefficient (Wildman–Crippen LogP) is 2.90. The van der Waals surface area contributed by atoms with Crippen LogP contribution >= 0.6 is 0 Å². The number of benzene rings is 1. The molecule has 0 saturated heterocycles. The number of nitrogens with one attached hydrogen (secondary N) is 1. The normalized spacial score (nSPS) is 14.4. The second-order valence-corrected chi connectivity index (χ2v) is 4.51. The summed E-state index contributed by atoms with van der Waals surface area (Å²) >= 11 is 0. The number of rotatable bonds is 5. The van der Waals surface area contributed by atoms with Gasteiger partial charge in [0, 0.05) is 12.5 Å². The van der Waals surface area contributed by atoms with Gasteiger partial charge in [-0.2, -0.15) is 5.26 Å². The van der Waals surface area contributed by atoms with Gasteiger partial charge >= 0.3 is 0 Å². The molecule has 0 aliphatic heterocycles. The van der Waals surface area contributed by atoms with Gasteiger partial charge in [0.05, 0.1) is 6.07 Å². The molecule has 0 aliphatic rings. The van der Waals surface area contributed by atoms with Gasteiger partial charge in [0.15, 0.2) is 0 Å². The average Bonchev–Trinajstić information content (AvgIpc) is 2.29. The van der Waals surface area contributed by atoms with Gasteiger partial charge in [0.25, 0.3) is 0 Å². The van der Waals surface area contributed by atoms with Crippen LogP contribution in [0.25, 0.3) is 0 Å². The third-order valence-electron chi connectivity index (χ3n) is 2.73. The van der Waals surface area contributed by atoms with E-state index in [2.05, 4.69) is 44.3 Å². The molecule has 2 nitrogen and oxygen atoms in total. The van der Waals surface area contributed by atoms with Crippen molar-refractivity contribution in [1.29, 1.82) is 5.26 Å². The molecule has 0 aromatic heterocycles. The second kappa shape index (κ2) is 5.67. The molecule has 0 heterocycles. The molecule has 1 aromatic rings. The molecule has 2 heteroatoms. The van der Waals surface area contributed by atoms with Crippen molar-refractivity contribution < 1.29 is 0 Å². The minimum Gasteiger partial charge on any atom is -0.297 e. The second-order valence-electron chi connectivity index (χ2n) is 4.51. The lowest BCUT2D eigenvalue weighted by atomic mass is 9.89. The molecule has 0 spiro atoms. The smallest absolute Gasteiger partial charge is 0.110 e. The standard InChI is InChI=1S/C14H20N2/c1-4-14(11-15,16-12(2)3)10-13-8-6-5-7-9-13/h5-9,12,16H,4,10H2,1-3H3. The number of nitrogens with zero attached hydrogens (tertiary/aromatic N) is 1. The molecule has 1 atom stereocenters. The summed E-state index contributed by atoms with van der Waals surface area (Å²) in [7, 11) is 0. The molecule has 1 unspecified atom stereocenters. The van der Waals surface area contributed by atoms with E-state index < -0.39 is 5.54 Å². The molecule has 86 valence electrons. The first-order chi connectivity index (χ1) is 7.62. The van der Waals surface area contributed by atoms with Gasteiger partial charge in [-0.25, -0.2) is 0 Å². The minimum atomic E-state index is -0.435. The Kier molecular flexibility index (Phi) is 4.52. The first-order valence-corrected chi connectivity index (χ1v) is 5.85. The van der Waals surface area contributed by atoms with Gasteiger partial charge in [0.1, 0.15) is 5.54 Å². The lowest BCUT2D eigenvalue weighted by Crippen LogP contribution is -2.48. The summed E-state index contributed by atoms with van der Waals surface area (Å²) in [5.74, 6) is 0. The Morgan fingerprint density at radius 1 is 1.31 bits per heavy atom. The van der Waals surface area contributed by atoms with Crippen LogP contribution in [-0.2, 0) is 6.42 Å². The number of nitriles is 1. The first-order valence-electron chi connectivity index (χ1n) is 5.85. The number of hydrogen-bond acceptors (Lipinski definition) is 2. The fraction of sp³-hybridized carbons (Fsp3) is 0.500. The van der Waals surface area contributed by atoms with Gasteiger partial charge < -0.3 is 0 Å². The van der Waals surface area contributed by atoms with Crippen molar-refractivity contribution in [3.8, 4) is 6.07 Å². The van der Waals surface area contributed by atoms with Gasteiger partial charge in [-0.3, -0.25) is 5.32 Å². The molecule has 0 amide bonds. The van der Waals surface area contributed by atoms with Gasteiger partial charge in [-0.05, 0) is 25.8 Å². The van der Waals surface area contributed by atoms with E-state index >= 15 is 0 Å². The third kappa shape index (κ3) is 3.36. The Labute approximate surface area is 98.3 Å². The van der Waals surface area contributed by atoms with Crippen LogP contribution in [0, 0.1) is 11.3 Å².